The van der Waals surface area contributed by atoms with Gasteiger partial charge in [0.15, 0.2) is 5.82 Å². The van der Waals surface area contributed by atoms with Crippen LogP contribution in [0.1, 0.15) is 0 Å². The number of aromatic nitrogens is 2. The van der Waals surface area contributed by atoms with Crippen molar-refractivity contribution in [2.45, 2.75) is 0 Å². The third-order valence-electron chi connectivity index (χ3n) is 1.02. The van der Waals surface area contributed by atoms with Gasteiger partial charge in [0, 0.05) is 0 Å². The Morgan fingerprint density at radius 1 is 1.67 bits per heavy atom. The Balaban J connectivity index is 2.95. The maximum absolute atomic E-state index is 10.6. The summed E-state index contributed by atoms with van der Waals surface area (Å²) in [4.78, 5) is 18.0. The van der Waals surface area contributed by atoms with E-state index in [1.165, 1.54) is 12.4 Å². The van der Waals surface area contributed by atoms with Crippen LogP contribution >= 0.6 is 24.4 Å². The molecule has 0 fully saturated rings. The van der Waals surface area contributed by atoms with Gasteiger partial charge in [-0.2, -0.15) is 0 Å². The molecule has 0 aliphatic rings. The molecule has 2 N–H and O–H groups in total. The zero-order chi connectivity index (χ0) is 9.14. The minimum Gasteiger partial charge on any atom is -0.350 e. The van der Waals surface area contributed by atoms with Crippen LogP contribution in [0.15, 0.2) is 12.4 Å². The molecular weight excluding hydrogens is 200 g/mol. The van der Waals surface area contributed by atoms with Crippen molar-refractivity contribution in [3.05, 3.63) is 17.5 Å². The highest BCUT2D eigenvalue weighted by atomic mass is 35.5. The maximum atomic E-state index is 10.6. The summed E-state index contributed by atoms with van der Waals surface area (Å²) >= 11 is 9.27. The molecule has 0 spiro atoms. The standard InChI is InChI=1S/C5H5ClN4OS/c6-3-1-8-2-4(9-3)10(12)5(7)11/h1-2,12H,(H2,7,11). The fraction of sp³-hybridized carbons (Fsp3) is 0. The largest absolute Gasteiger partial charge is 0.350 e. The summed E-state index contributed by atoms with van der Waals surface area (Å²) in [7, 11) is 0. The van der Waals surface area contributed by atoms with Gasteiger partial charge in [0.2, 0.25) is 0 Å². The van der Waals surface area contributed by atoms with Crippen molar-refractivity contribution in [3.63, 3.8) is 0 Å². The number of anilines is 1. The number of primary amides is 1. The van der Waals surface area contributed by atoms with Crippen molar-refractivity contribution in [1.29, 1.82) is 0 Å². The Bertz CT molecular complexity index is 307. The van der Waals surface area contributed by atoms with Crippen molar-refractivity contribution >= 4 is 36.3 Å². The van der Waals surface area contributed by atoms with E-state index in [0.29, 0.717) is 0 Å². The summed E-state index contributed by atoms with van der Waals surface area (Å²) in [5.74, 6) is 0.193. The SMILES string of the molecule is NC(=O)N(S)c1cncc(Cl)n1. The molecule has 1 rings (SSSR count). The summed E-state index contributed by atoms with van der Waals surface area (Å²) in [6.45, 7) is 0. The minimum atomic E-state index is -0.741. The summed E-state index contributed by atoms with van der Waals surface area (Å²) in [6, 6.07) is -0.741. The molecule has 5 nitrogen and oxygen atoms in total. The number of thiol groups is 1. The lowest BCUT2D eigenvalue weighted by atomic mass is 10.6. The molecule has 1 aromatic heterocycles. The van der Waals surface area contributed by atoms with Gasteiger partial charge in [0.05, 0.1) is 12.4 Å². The molecule has 64 valence electrons. The van der Waals surface area contributed by atoms with Crippen LogP contribution in [0.4, 0.5) is 10.6 Å². The Labute approximate surface area is 79.1 Å². The van der Waals surface area contributed by atoms with Gasteiger partial charge in [0.25, 0.3) is 0 Å². The van der Waals surface area contributed by atoms with Crippen LogP contribution in [-0.2, 0) is 0 Å². The highest BCUT2D eigenvalue weighted by Crippen LogP contribution is 2.13. The molecule has 1 heterocycles. The highest BCUT2D eigenvalue weighted by Gasteiger charge is 2.09. The molecule has 1 aromatic rings. The smallest absolute Gasteiger partial charge is 0.330 e. The van der Waals surface area contributed by atoms with Crippen LogP contribution in [-0.4, -0.2) is 16.0 Å². The van der Waals surface area contributed by atoms with E-state index in [1.807, 2.05) is 0 Å². The monoisotopic (exact) mass is 204 g/mol. The number of carbonyl (C=O) groups is 1. The molecule has 0 bridgehead atoms. The molecule has 12 heavy (non-hydrogen) atoms. The Morgan fingerprint density at radius 3 is 2.83 bits per heavy atom. The zero-order valence-electron chi connectivity index (χ0n) is 5.81. The number of nitrogens with two attached hydrogens (primary N) is 1. The van der Waals surface area contributed by atoms with Crippen LogP contribution in [0.5, 0.6) is 0 Å². The molecule has 7 heteroatoms. The van der Waals surface area contributed by atoms with Crippen LogP contribution < -0.4 is 10.0 Å². The lowest BCUT2D eigenvalue weighted by Gasteiger charge is -2.09. The van der Waals surface area contributed by atoms with Crippen LogP contribution in [0.2, 0.25) is 5.15 Å². The van der Waals surface area contributed by atoms with Crippen LogP contribution in [0.25, 0.3) is 0 Å². The van der Waals surface area contributed by atoms with Crippen molar-refractivity contribution in [1.82, 2.24) is 9.97 Å². The fourth-order valence-corrected chi connectivity index (χ4v) is 0.787. The number of urea groups is 1. The van der Waals surface area contributed by atoms with E-state index < -0.39 is 6.03 Å². The molecule has 0 atom stereocenters. The fourth-order valence-electron chi connectivity index (χ4n) is 0.548. The second-order valence-electron chi connectivity index (χ2n) is 1.85. The number of nitrogens with zero attached hydrogens (tertiary/aromatic N) is 3. The predicted molar refractivity (Wildman–Crippen MR) is 48.1 cm³/mol. The summed E-state index contributed by atoms with van der Waals surface area (Å²) in [6.07, 6.45) is 2.66. The van der Waals surface area contributed by atoms with Gasteiger partial charge in [-0.1, -0.05) is 24.4 Å². The average molecular weight is 205 g/mol. The van der Waals surface area contributed by atoms with Gasteiger partial charge in [0.1, 0.15) is 5.15 Å². The second kappa shape index (κ2) is 3.59. The minimum absolute atomic E-state index is 0.174. The first-order valence-corrected chi connectivity index (χ1v) is 3.65. The van der Waals surface area contributed by atoms with Gasteiger partial charge in [-0.05, 0) is 0 Å². The molecule has 0 saturated heterocycles. The molecule has 0 saturated carbocycles. The third-order valence-corrected chi connectivity index (χ3v) is 1.60. The average Bonchev–Trinajstić information content (AvgIpc) is 2.03. The van der Waals surface area contributed by atoms with Gasteiger partial charge in [-0.3, -0.25) is 4.98 Å². The number of rotatable bonds is 1. The topological polar surface area (TPSA) is 72.1 Å². The van der Waals surface area contributed by atoms with Gasteiger partial charge < -0.3 is 5.73 Å². The van der Waals surface area contributed by atoms with E-state index in [2.05, 4.69) is 22.8 Å². The van der Waals surface area contributed by atoms with Gasteiger partial charge >= 0.3 is 6.03 Å². The molecule has 0 aliphatic carbocycles. The summed E-state index contributed by atoms with van der Waals surface area (Å²) < 4.78 is 0.846. The number of carbonyl (C=O) groups excluding carboxylic acids is 1. The van der Waals surface area contributed by atoms with Crippen LogP contribution in [0, 0.1) is 0 Å². The number of hydrogen-bond acceptors (Lipinski definition) is 4. The summed E-state index contributed by atoms with van der Waals surface area (Å²) in [5, 5.41) is 0.174. The zero-order valence-corrected chi connectivity index (χ0v) is 7.46. The second-order valence-corrected chi connectivity index (χ2v) is 2.64. The molecule has 0 unspecified atom stereocenters. The van der Waals surface area contributed by atoms with E-state index in [9.17, 15) is 4.79 Å². The molecular formula is C5H5ClN4OS. The number of hydrogen-bond donors (Lipinski definition) is 2. The highest BCUT2D eigenvalue weighted by molar-refractivity contribution is 7.82. The number of halogens is 1. The molecule has 0 aliphatic heterocycles. The summed E-state index contributed by atoms with van der Waals surface area (Å²) in [5.41, 5.74) is 4.92. The van der Waals surface area contributed by atoms with Gasteiger partial charge in [-0.25, -0.2) is 14.1 Å². The van der Waals surface area contributed by atoms with Gasteiger partial charge in [-0.15, -0.1) is 0 Å². The quantitative estimate of drug-likeness (QED) is 0.667. The van der Waals surface area contributed by atoms with E-state index in [4.69, 9.17) is 17.3 Å². The lowest BCUT2D eigenvalue weighted by molar-refractivity contribution is 0.257. The van der Waals surface area contributed by atoms with E-state index >= 15 is 0 Å². The van der Waals surface area contributed by atoms with Crippen LogP contribution in [0.3, 0.4) is 0 Å². The Morgan fingerprint density at radius 2 is 2.33 bits per heavy atom. The van der Waals surface area contributed by atoms with Crippen molar-refractivity contribution < 1.29 is 4.79 Å². The molecule has 0 aromatic carbocycles. The number of amides is 2. The first kappa shape index (κ1) is 9.08. The van der Waals surface area contributed by atoms with Crippen molar-refractivity contribution in [3.8, 4) is 0 Å². The first-order chi connectivity index (χ1) is 5.61. The first-order valence-electron chi connectivity index (χ1n) is 2.87. The maximum Gasteiger partial charge on any atom is 0.330 e. The normalized spacial score (nSPS) is 9.50. The Kier molecular flexibility index (Phi) is 2.72. The van der Waals surface area contributed by atoms with Crippen molar-refractivity contribution in [2.75, 3.05) is 4.31 Å². The van der Waals surface area contributed by atoms with Crippen molar-refractivity contribution in [2.24, 2.45) is 5.73 Å². The third kappa shape index (κ3) is 1.99. The predicted octanol–water partition coefficient (Wildman–Crippen LogP) is 0.860. The Hall–Kier alpha value is -1.01. The van der Waals surface area contributed by atoms with E-state index in [1.54, 1.807) is 0 Å². The molecule has 2 amide bonds. The lowest BCUT2D eigenvalue weighted by Crippen LogP contribution is -2.27. The van der Waals surface area contributed by atoms with E-state index in [-0.39, 0.29) is 11.0 Å². The van der Waals surface area contributed by atoms with E-state index in [0.717, 1.165) is 4.31 Å². The molecule has 0 radical (unpaired) electrons.